The lowest BCUT2D eigenvalue weighted by Gasteiger charge is -2.21. The molecule has 0 saturated carbocycles. The minimum absolute atomic E-state index is 0.156. The summed E-state index contributed by atoms with van der Waals surface area (Å²) in [5, 5.41) is 0. The molecule has 0 N–H and O–H groups in total. The highest BCUT2D eigenvalue weighted by Gasteiger charge is 2.36. The largest absolute Gasteiger partial charge is 0.486 e. The Morgan fingerprint density at radius 2 is 2.09 bits per heavy atom. The van der Waals surface area contributed by atoms with Crippen molar-refractivity contribution in [2.75, 3.05) is 7.05 Å². The van der Waals surface area contributed by atoms with E-state index in [1.807, 2.05) is 19.9 Å². The average Bonchev–Trinajstić information content (AvgIpc) is 2.81. The first kappa shape index (κ1) is 15.9. The highest BCUT2D eigenvalue weighted by Crippen LogP contribution is 2.40. The Labute approximate surface area is 136 Å². The summed E-state index contributed by atoms with van der Waals surface area (Å²) in [7, 11) is -2.14. The molecule has 0 amide bonds. The molecule has 0 fully saturated rings. The minimum Gasteiger partial charge on any atom is -0.486 e. The van der Waals surface area contributed by atoms with Gasteiger partial charge in [0.25, 0.3) is 0 Å². The van der Waals surface area contributed by atoms with Crippen LogP contribution >= 0.6 is 0 Å². The van der Waals surface area contributed by atoms with Crippen LogP contribution in [0.25, 0.3) is 0 Å². The zero-order valence-corrected chi connectivity index (χ0v) is 14.2. The molecular formula is C16H19N3O3S. The van der Waals surface area contributed by atoms with Crippen molar-refractivity contribution in [3.05, 3.63) is 48.0 Å². The molecule has 0 saturated heterocycles. The summed E-state index contributed by atoms with van der Waals surface area (Å²) in [6.07, 6.45) is 5.35. The van der Waals surface area contributed by atoms with Gasteiger partial charge in [0.15, 0.2) is 0 Å². The van der Waals surface area contributed by atoms with Crippen LogP contribution in [-0.4, -0.2) is 35.3 Å². The smallest absolute Gasteiger partial charge is 0.246 e. The van der Waals surface area contributed by atoms with Gasteiger partial charge in [0.2, 0.25) is 10.0 Å². The summed E-state index contributed by atoms with van der Waals surface area (Å²) < 4.78 is 33.0. The normalized spacial score (nSPS) is 16.2. The van der Waals surface area contributed by atoms with Crippen molar-refractivity contribution in [3.8, 4) is 5.75 Å². The van der Waals surface area contributed by atoms with Crippen LogP contribution in [-0.2, 0) is 23.0 Å². The van der Waals surface area contributed by atoms with Gasteiger partial charge in [0.1, 0.15) is 16.2 Å². The zero-order chi connectivity index (χ0) is 16.7. The first-order valence-electron chi connectivity index (χ1n) is 7.32. The van der Waals surface area contributed by atoms with Crippen molar-refractivity contribution in [1.29, 1.82) is 0 Å². The predicted molar refractivity (Wildman–Crippen MR) is 85.5 cm³/mol. The molecule has 1 aromatic carbocycles. The van der Waals surface area contributed by atoms with Crippen LogP contribution in [0.3, 0.4) is 0 Å². The number of hydrogen-bond donors (Lipinski definition) is 0. The number of para-hydroxylation sites is 1. The highest BCUT2D eigenvalue weighted by molar-refractivity contribution is 7.89. The molecule has 7 heteroatoms. The molecule has 122 valence electrons. The zero-order valence-electron chi connectivity index (χ0n) is 13.4. The maximum absolute atomic E-state index is 12.9. The molecule has 0 spiro atoms. The summed E-state index contributed by atoms with van der Waals surface area (Å²) in [5.41, 5.74) is 1.12. The summed E-state index contributed by atoms with van der Waals surface area (Å²) in [6, 6.07) is 5.25. The molecule has 2 heterocycles. The third-order valence-electron chi connectivity index (χ3n) is 3.74. The molecule has 1 aliphatic rings. The molecule has 3 rings (SSSR count). The number of sulfonamides is 1. The Balaban J connectivity index is 1.94. The fourth-order valence-electron chi connectivity index (χ4n) is 2.68. The Morgan fingerprint density at radius 3 is 2.78 bits per heavy atom. The molecule has 0 atom stereocenters. The van der Waals surface area contributed by atoms with Crippen LogP contribution in [0, 0.1) is 0 Å². The second kappa shape index (κ2) is 5.58. The van der Waals surface area contributed by atoms with E-state index in [2.05, 4.69) is 9.97 Å². The molecule has 0 aliphatic carbocycles. The monoisotopic (exact) mass is 333 g/mol. The van der Waals surface area contributed by atoms with Gasteiger partial charge in [-0.15, -0.1) is 0 Å². The molecule has 0 bridgehead atoms. The van der Waals surface area contributed by atoms with E-state index < -0.39 is 15.6 Å². The van der Waals surface area contributed by atoms with Crippen molar-refractivity contribution in [2.24, 2.45) is 0 Å². The highest BCUT2D eigenvalue weighted by atomic mass is 32.2. The number of nitrogens with zero attached hydrogens (tertiary/aromatic N) is 3. The molecule has 0 unspecified atom stereocenters. The minimum atomic E-state index is -3.67. The molecule has 6 nitrogen and oxygen atoms in total. The average molecular weight is 333 g/mol. The lowest BCUT2D eigenvalue weighted by molar-refractivity contribution is 0.135. The number of ether oxygens (including phenoxy) is 1. The Hall–Kier alpha value is -1.99. The van der Waals surface area contributed by atoms with Crippen LogP contribution in [0.15, 0.2) is 41.7 Å². The second-order valence-electron chi connectivity index (χ2n) is 6.24. The Kier molecular flexibility index (Phi) is 3.85. The number of rotatable bonds is 4. The summed E-state index contributed by atoms with van der Waals surface area (Å²) in [4.78, 5) is 8.28. The van der Waals surface area contributed by atoms with Gasteiger partial charge in [-0.1, -0.05) is 12.1 Å². The van der Waals surface area contributed by atoms with E-state index in [9.17, 15) is 8.42 Å². The fraction of sp³-hybridized carbons (Fsp3) is 0.375. The van der Waals surface area contributed by atoms with E-state index in [1.54, 1.807) is 30.7 Å². The molecule has 0 radical (unpaired) electrons. The van der Waals surface area contributed by atoms with Gasteiger partial charge >= 0.3 is 0 Å². The number of fused-ring (bicyclic) bond motifs is 1. The van der Waals surface area contributed by atoms with Gasteiger partial charge in [-0.2, -0.15) is 4.31 Å². The van der Waals surface area contributed by atoms with E-state index in [1.165, 1.54) is 11.4 Å². The maximum Gasteiger partial charge on any atom is 0.246 e. The Morgan fingerprint density at radius 1 is 1.30 bits per heavy atom. The van der Waals surface area contributed by atoms with Crippen molar-refractivity contribution in [3.63, 3.8) is 0 Å². The van der Waals surface area contributed by atoms with Gasteiger partial charge in [-0.25, -0.2) is 8.42 Å². The van der Waals surface area contributed by atoms with Gasteiger partial charge in [-0.3, -0.25) is 9.97 Å². The second-order valence-corrected chi connectivity index (χ2v) is 8.25. The van der Waals surface area contributed by atoms with Gasteiger partial charge in [0.05, 0.1) is 12.2 Å². The van der Waals surface area contributed by atoms with E-state index in [0.29, 0.717) is 17.9 Å². The SMILES string of the molecule is CN(Cc1cnccn1)S(=O)(=O)c1cccc2c1OC(C)(C)C2. The fourth-order valence-corrected chi connectivity index (χ4v) is 3.98. The molecule has 1 aromatic heterocycles. The third kappa shape index (κ3) is 3.07. The van der Waals surface area contributed by atoms with Gasteiger partial charge in [0, 0.05) is 32.1 Å². The van der Waals surface area contributed by atoms with Crippen LogP contribution in [0.2, 0.25) is 0 Å². The van der Waals surface area contributed by atoms with Gasteiger partial charge in [-0.05, 0) is 25.5 Å². The standard InChI is InChI=1S/C16H19N3O3S/c1-16(2)9-12-5-4-6-14(15(12)22-16)23(20,21)19(3)11-13-10-17-7-8-18-13/h4-8,10H,9,11H2,1-3H3. The topological polar surface area (TPSA) is 72.4 Å². The summed E-state index contributed by atoms with van der Waals surface area (Å²) in [6.45, 7) is 4.06. The number of benzene rings is 1. The first-order valence-corrected chi connectivity index (χ1v) is 8.76. The maximum atomic E-state index is 12.9. The van der Waals surface area contributed by atoms with Crippen molar-refractivity contribution in [2.45, 2.75) is 37.3 Å². The van der Waals surface area contributed by atoms with Crippen LogP contribution < -0.4 is 4.74 Å². The van der Waals surface area contributed by atoms with Crippen LogP contribution in [0.1, 0.15) is 25.1 Å². The molecule has 2 aromatic rings. The van der Waals surface area contributed by atoms with Crippen molar-refractivity contribution < 1.29 is 13.2 Å². The predicted octanol–water partition coefficient (Wildman–Crippen LogP) is 2.01. The van der Waals surface area contributed by atoms with E-state index >= 15 is 0 Å². The van der Waals surface area contributed by atoms with Crippen molar-refractivity contribution in [1.82, 2.24) is 14.3 Å². The van der Waals surface area contributed by atoms with Crippen molar-refractivity contribution >= 4 is 10.0 Å². The first-order chi connectivity index (χ1) is 10.8. The Bertz CT molecular complexity index is 820. The van der Waals surface area contributed by atoms with Crippen LogP contribution in [0.4, 0.5) is 0 Å². The number of aromatic nitrogens is 2. The molecule has 1 aliphatic heterocycles. The third-order valence-corrected chi connectivity index (χ3v) is 5.57. The van der Waals surface area contributed by atoms with Gasteiger partial charge < -0.3 is 4.74 Å². The van der Waals surface area contributed by atoms with E-state index in [4.69, 9.17) is 4.74 Å². The lowest BCUT2D eigenvalue weighted by Crippen LogP contribution is -2.28. The molecule has 23 heavy (non-hydrogen) atoms. The van der Waals surface area contributed by atoms with E-state index in [0.717, 1.165) is 5.56 Å². The molecular weight excluding hydrogens is 314 g/mol. The summed E-state index contributed by atoms with van der Waals surface area (Å²) >= 11 is 0. The summed E-state index contributed by atoms with van der Waals surface area (Å²) in [5.74, 6) is 0.462. The van der Waals surface area contributed by atoms with Crippen LogP contribution in [0.5, 0.6) is 5.75 Å². The lowest BCUT2D eigenvalue weighted by atomic mass is 10.0. The van der Waals surface area contributed by atoms with E-state index in [-0.39, 0.29) is 11.4 Å². The quantitative estimate of drug-likeness (QED) is 0.856. The number of hydrogen-bond acceptors (Lipinski definition) is 5.